The van der Waals surface area contributed by atoms with Crippen molar-refractivity contribution in [2.45, 2.75) is 62.3 Å². The number of amidine groups is 1. The maximum Gasteiger partial charge on any atom is 0.299 e. The molecular formula is C18H26N2O4S. The monoisotopic (exact) mass is 366 g/mol. The van der Waals surface area contributed by atoms with Crippen molar-refractivity contribution in [1.82, 2.24) is 4.72 Å². The summed E-state index contributed by atoms with van der Waals surface area (Å²) >= 11 is 0. The van der Waals surface area contributed by atoms with Crippen molar-refractivity contribution in [2.75, 3.05) is 6.61 Å². The largest absolute Gasteiger partial charge is 0.457 e. The van der Waals surface area contributed by atoms with E-state index in [0.29, 0.717) is 19.3 Å². The van der Waals surface area contributed by atoms with E-state index in [0.717, 1.165) is 18.4 Å². The summed E-state index contributed by atoms with van der Waals surface area (Å²) in [4.78, 5) is 4.50. The molecule has 6 nitrogen and oxygen atoms in total. The van der Waals surface area contributed by atoms with Gasteiger partial charge in [0, 0.05) is 6.61 Å². The van der Waals surface area contributed by atoms with Gasteiger partial charge in [0.1, 0.15) is 10.3 Å². The SMILES string of the molecule is CC12CCCCC1(C)S(=O)(=O)NC(=N[C@@H](CCO)c1ccccc1)O2. The molecule has 1 saturated carbocycles. The summed E-state index contributed by atoms with van der Waals surface area (Å²) in [7, 11) is -3.60. The molecule has 1 aliphatic carbocycles. The number of sulfonamides is 1. The first kappa shape index (κ1) is 18.2. The molecule has 3 atom stereocenters. The number of aliphatic hydroxyl groups is 1. The van der Waals surface area contributed by atoms with E-state index in [1.807, 2.05) is 37.3 Å². The van der Waals surface area contributed by atoms with Gasteiger partial charge >= 0.3 is 0 Å². The van der Waals surface area contributed by atoms with Gasteiger partial charge in [0.25, 0.3) is 6.02 Å². The van der Waals surface area contributed by atoms with Crippen molar-refractivity contribution in [2.24, 2.45) is 4.99 Å². The highest BCUT2D eigenvalue weighted by atomic mass is 32.2. The molecule has 1 aliphatic heterocycles. The quantitative estimate of drug-likeness (QED) is 0.857. The van der Waals surface area contributed by atoms with Gasteiger partial charge in [-0.05, 0) is 45.1 Å². The minimum atomic E-state index is -3.60. The van der Waals surface area contributed by atoms with Crippen molar-refractivity contribution in [3.63, 3.8) is 0 Å². The van der Waals surface area contributed by atoms with Crippen LogP contribution in [-0.4, -0.2) is 36.5 Å². The molecule has 2 unspecified atom stereocenters. The Balaban J connectivity index is 1.96. The molecule has 1 heterocycles. The molecule has 2 fully saturated rings. The van der Waals surface area contributed by atoms with E-state index in [-0.39, 0.29) is 18.7 Å². The Kier molecular flexibility index (Phi) is 4.81. The molecule has 0 aromatic heterocycles. The topological polar surface area (TPSA) is 88.0 Å². The number of hydrogen-bond donors (Lipinski definition) is 2. The molecule has 3 rings (SSSR count). The minimum Gasteiger partial charge on any atom is -0.457 e. The summed E-state index contributed by atoms with van der Waals surface area (Å²) in [5.41, 5.74) is 0.114. The van der Waals surface area contributed by atoms with Gasteiger partial charge in [-0.2, -0.15) is 0 Å². The van der Waals surface area contributed by atoms with Crippen molar-refractivity contribution in [1.29, 1.82) is 0 Å². The van der Waals surface area contributed by atoms with Gasteiger partial charge in [-0.25, -0.2) is 18.1 Å². The predicted molar refractivity (Wildman–Crippen MR) is 96.7 cm³/mol. The molecular weight excluding hydrogens is 340 g/mol. The Morgan fingerprint density at radius 1 is 1.24 bits per heavy atom. The standard InChI is InChI=1S/C18H26N2O4S/c1-17-11-6-7-12-18(17,2)25(22,23)20-16(24-17)19-15(10-13-21)14-8-4-3-5-9-14/h3-5,8-9,15,21H,6-7,10-13H2,1-2H3,(H,19,20)/t15-,17?,18?/m0/s1. The van der Waals surface area contributed by atoms with Crippen molar-refractivity contribution >= 4 is 16.0 Å². The van der Waals surface area contributed by atoms with E-state index >= 15 is 0 Å². The molecule has 2 aliphatic rings. The first-order chi connectivity index (χ1) is 11.8. The van der Waals surface area contributed by atoms with Crippen LogP contribution in [0.15, 0.2) is 35.3 Å². The average molecular weight is 366 g/mol. The third-order valence-corrected chi connectivity index (χ3v) is 7.94. The summed E-state index contributed by atoms with van der Waals surface area (Å²) in [5.74, 6) is 0. The third kappa shape index (κ3) is 3.15. The highest BCUT2D eigenvalue weighted by molar-refractivity contribution is 7.91. The fourth-order valence-corrected chi connectivity index (χ4v) is 5.47. The highest BCUT2D eigenvalue weighted by Gasteiger charge is 2.60. The number of benzene rings is 1. The van der Waals surface area contributed by atoms with Gasteiger partial charge in [-0.3, -0.25) is 0 Å². The van der Waals surface area contributed by atoms with Gasteiger partial charge in [-0.1, -0.05) is 36.8 Å². The van der Waals surface area contributed by atoms with Gasteiger partial charge in [0.15, 0.2) is 0 Å². The van der Waals surface area contributed by atoms with Crippen LogP contribution in [0.5, 0.6) is 0 Å². The number of aliphatic imine (C=N–C) groups is 1. The van der Waals surface area contributed by atoms with Gasteiger partial charge in [0.05, 0.1) is 6.04 Å². The maximum absolute atomic E-state index is 12.9. The number of nitrogens with zero attached hydrogens (tertiary/aromatic N) is 1. The van der Waals surface area contributed by atoms with E-state index < -0.39 is 20.4 Å². The molecule has 0 amide bonds. The fraction of sp³-hybridized carbons (Fsp3) is 0.611. The summed E-state index contributed by atoms with van der Waals surface area (Å²) in [6.07, 6.45) is 3.46. The number of rotatable bonds is 4. The van der Waals surface area contributed by atoms with Gasteiger partial charge in [-0.15, -0.1) is 0 Å². The van der Waals surface area contributed by atoms with Crippen molar-refractivity contribution < 1.29 is 18.3 Å². The Bertz CT molecular complexity index is 750. The van der Waals surface area contributed by atoms with Crippen LogP contribution in [0.4, 0.5) is 0 Å². The van der Waals surface area contributed by atoms with Crippen LogP contribution in [0.3, 0.4) is 0 Å². The molecule has 1 saturated heterocycles. The summed E-state index contributed by atoms with van der Waals surface area (Å²) < 4.78 is 33.5. The zero-order valence-electron chi connectivity index (χ0n) is 14.7. The molecule has 25 heavy (non-hydrogen) atoms. The van der Waals surface area contributed by atoms with Crippen LogP contribution < -0.4 is 4.72 Å². The van der Waals surface area contributed by atoms with Crippen molar-refractivity contribution in [3.05, 3.63) is 35.9 Å². The zero-order chi connectivity index (χ0) is 18.1. The minimum absolute atomic E-state index is 0.0316. The van der Waals surface area contributed by atoms with E-state index in [4.69, 9.17) is 4.74 Å². The number of fused-ring (bicyclic) bond motifs is 1. The second-order valence-corrected chi connectivity index (χ2v) is 9.36. The molecule has 0 radical (unpaired) electrons. The second kappa shape index (κ2) is 6.61. The number of hydrogen-bond acceptors (Lipinski definition) is 5. The predicted octanol–water partition coefficient (Wildman–Crippen LogP) is 2.51. The highest BCUT2D eigenvalue weighted by Crippen LogP contribution is 2.47. The Hall–Kier alpha value is -1.60. The van der Waals surface area contributed by atoms with E-state index in [2.05, 4.69) is 9.71 Å². The Labute approximate surface area is 149 Å². The molecule has 138 valence electrons. The normalized spacial score (nSPS) is 33.8. The smallest absolute Gasteiger partial charge is 0.299 e. The molecule has 1 aromatic carbocycles. The summed E-state index contributed by atoms with van der Waals surface area (Å²) in [6, 6.07) is 9.18. The van der Waals surface area contributed by atoms with Gasteiger partial charge in [0.2, 0.25) is 10.0 Å². The molecule has 1 aromatic rings. The Morgan fingerprint density at radius 3 is 2.60 bits per heavy atom. The third-order valence-electron chi connectivity index (χ3n) is 5.67. The van der Waals surface area contributed by atoms with Crippen LogP contribution in [0.1, 0.15) is 57.6 Å². The van der Waals surface area contributed by atoms with Crippen LogP contribution in [0, 0.1) is 0 Å². The second-order valence-electron chi connectivity index (χ2n) is 7.25. The Morgan fingerprint density at radius 2 is 1.92 bits per heavy atom. The van der Waals surface area contributed by atoms with Crippen molar-refractivity contribution in [3.8, 4) is 0 Å². The van der Waals surface area contributed by atoms with Crippen LogP contribution in [-0.2, 0) is 14.8 Å². The molecule has 7 heteroatoms. The van der Waals surface area contributed by atoms with E-state index in [9.17, 15) is 13.5 Å². The van der Waals surface area contributed by atoms with Crippen LogP contribution in [0.25, 0.3) is 0 Å². The number of aliphatic hydroxyl groups excluding tert-OH is 1. The first-order valence-corrected chi connectivity index (χ1v) is 10.2. The summed E-state index contributed by atoms with van der Waals surface area (Å²) in [5, 5.41) is 9.36. The van der Waals surface area contributed by atoms with Crippen LogP contribution >= 0.6 is 0 Å². The lowest BCUT2D eigenvalue weighted by atomic mass is 9.76. The lowest BCUT2D eigenvalue weighted by Gasteiger charge is -2.51. The lowest BCUT2D eigenvalue weighted by Crippen LogP contribution is -2.68. The molecule has 2 N–H and O–H groups in total. The first-order valence-electron chi connectivity index (χ1n) is 8.76. The fourth-order valence-electron chi connectivity index (χ4n) is 3.79. The van der Waals surface area contributed by atoms with Crippen LogP contribution in [0.2, 0.25) is 0 Å². The zero-order valence-corrected chi connectivity index (χ0v) is 15.6. The number of nitrogens with one attached hydrogen (secondary N) is 1. The summed E-state index contributed by atoms with van der Waals surface area (Å²) in [6.45, 7) is 3.58. The van der Waals surface area contributed by atoms with E-state index in [1.165, 1.54) is 0 Å². The van der Waals surface area contributed by atoms with Gasteiger partial charge < -0.3 is 9.84 Å². The van der Waals surface area contributed by atoms with E-state index in [1.54, 1.807) is 6.92 Å². The molecule has 0 bridgehead atoms. The maximum atomic E-state index is 12.9. The average Bonchev–Trinajstić information content (AvgIpc) is 2.56. The number of ether oxygens (including phenoxy) is 1. The lowest BCUT2D eigenvalue weighted by molar-refractivity contribution is -0.00771. The molecule has 0 spiro atoms.